The molecule has 77 heavy (non-hydrogen) atoms. The normalized spacial score (nSPS) is 14.9. The SMILES string of the molecule is CC/C=C\C/C=C\C/C=C\C/C=C\C/C=C\C/C=C\C/C=C\C/C=C\C/C=C\C/C=C\C/C=C\CCCCCCCC(=O)NC(COP(=O)([O-])OCC[N+](C)(C)C)C(O)/C=C/CC/C=C/CCCCCCCCCCCC. The fourth-order valence-corrected chi connectivity index (χ4v) is 8.48. The lowest BCUT2D eigenvalue weighted by atomic mass is 10.1. The molecule has 3 atom stereocenters. The summed E-state index contributed by atoms with van der Waals surface area (Å²) in [6, 6.07) is -0.926. The molecule has 9 heteroatoms. The van der Waals surface area contributed by atoms with Crippen LogP contribution in [0.4, 0.5) is 0 Å². The number of phosphoric ester groups is 1. The van der Waals surface area contributed by atoms with Gasteiger partial charge in [0.05, 0.1) is 39.9 Å². The van der Waals surface area contributed by atoms with Crippen LogP contribution in [0, 0.1) is 0 Å². The van der Waals surface area contributed by atoms with E-state index >= 15 is 0 Å². The number of aliphatic hydroxyl groups excluding tert-OH is 1. The molecule has 3 unspecified atom stereocenters. The van der Waals surface area contributed by atoms with Gasteiger partial charge in [-0.15, -0.1) is 0 Å². The van der Waals surface area contributed by atoms with Gasteiger partial charge < -0.3 is 28.8 Å². The predicted molar refractivity (Wildman–Crippen MR) is 334 cm³/mol. The lowest BCUT2D eigenvalue weighted by Gasteiger charge is -2.29. The Morgan fingerprint density at radius 3 is 1.21 bits per heavy atom. The van der Waals surface area contributed by atoms with Gasteiger partial charge in [0, 0.05) is 6.42 Å². The summed E-state index contributed by atoms with van der Waals surface area (Å²) in [6.45, 7) is 4.47. The quantitative estimate of drug-likeness (QED) is 0.0272. The van der Waals surface area contributed by atoms with Gasteiger partial charge in [-0.1, -0.05) is 249 Å². The van der Waals surface area contributed by atoms with Crippen LogP contribution in [-0.2, 0) is 18.4 Å². The van der Waals surface area contributed by atoms with Crippen molar-refractivity contribution in [3.8, 4) is 0 Å². The number of nitrogens with zero attached hydrogens (tertiary/aromatic N) is 1. The summed E-state index contributed by atoms with van der Waals surface area (Å²) in [6.07, 6.45) is 89.0. The smallest absolute Gasteiger partial charge is 0.268 e. The number of hydrogen-bond donors (Lipinski definition) is 2. The monoisotopic (exact) mass is 1080 g/mol. The van der Waals surface area contributed by atoms with Crippen molar-refractivity contribution in [3.05, 3.63) is 158 Å². The van der Waals surface area contributed by atoms with E-state index in [1.807, 2.05) is 27.2 Å². The molecule has 0 aromatic carbocycles. The average molecular weight is 1090 g/mol. The fraction of sp³-hybridized carbons (Fsp3) is 0.603. The molecule has 0 aliphatic carbocycles. The second-order valence-corrected chi connectivity index (χ2v) is 22.4. The zero-order valence-corrected chi connectivity index (χ0v) is 50.5. The van der Waals surface area contributed by atoms with Crippen LogP contribution >= 0.6 is 7.82 Å². The Balaban J connectivity index is 4.25. The fourth-order valence-electron chi connectivity index (χ4n) is 7.76. The van der Waals surface area contributed by atoms with Crippen LogP contribution < -0.4 is 10.2 Å². The number of phosphoric acid groups is 1. The third kappa shape index (κ3) is 59.6. The van der Waals surface area contributed by atoms with Crippen LogP contribution in [0.2, 0.25) is 0 Å². The summed E-state index contributed by atoms with van der Waals surface area (Å²) < 4.78 is 23.3. The van der Waals surface area contributed by atoms with Crippen LogP contribution in [-0.4, -0.2) is 68.5 Å². The Kier molecular flexibility index (Phi) is 54.0. The topological polar surface area (TPSA) is 108 Å². The number of aliphatic hydroxyl groups is 1. The van der Waals surface area contributed by atoms with Crippen molar-refractivity contribution in [2.75, 3.05) is 40.9 Å². The van der Waals surface area contributed by atoms with Gasteiger partial charge in [0.2, 0.25) is 5.91 Å². The molecule has 0 aliphatic heterocycles. The molecule has 2 N–H and O–H groups in total. The summed E-state index contributed by atoms with van der Waals surface area (Å²) in [4.78, 5) is 25.5. The number of carbonyl (C=O) groups excluding carboxylic acids is 1. The molecule has 0 rings (SSSR count). The van der Waals surface area contributed by atoms with Gasteiger partial charge >= 0.3 is 0 Å². The largest absolute Gasteiger partial charge is 0.756 e. The van der Waals surface area contributed by atoms with Crippen molar-refractivity contribution in [1.82, 2.24) is 5.32 Å². The van der Waals surface area contributed by atoms with E-state index < -0.39 is 26.6 Å². The first kappa shape index (κ1) is 73.1. The van der Waals surface area contributed by atoms with E-state index in [2.05, 4.69) is 165 Å². The first-order chi connectivity index (χ1) is 37.5. The van der Waals surface area contributed by atoms with Gasteiger partial charge in [0.15, 0.2) is 0 Å². The summed E-state index contributed by atoms with van der Waals surface area (Å²) in [5, 5.41) is 13.8. The van der Waals surface area contributed by atoms with Crippen molar-refractivity contribution >= 4 is 13.7 Å². The van der Waals surface area contributed by atoms with Gasteiger partial charge in [-0.2, -0.15) is 0 Å². The number of quaternary nitrogens is 1. The van der Waals surface area contributed by atoms with E-state index in [0.717, 1.165) is 128 Å². The molecule has 0 aromatic heterocycles. The first-order valence-electron chi connectivity index (χ1n) is 30.3. The highest BCUT2D eigenvalue weighted by Crippen LogP contribution is 2.38. The zero-order valence-electron chi connectivity index (χ0n) is 49.6. The second-order valence-electron chi connectivity index (χ2n) is 21.0. The predicted octanol–water partition coefficient (Wildman–Crippen LogP) is 18.4. The van der Waals surface area contributed by atoms with Crippen LogP contribution in [0.3, 0.4) is 0 Å². The maximum Gasteiger partial charge on any atom is 0.268 e. The van der Waals surface area contributed by atoms with E-state index in [9.17, 15) is 19.4 Å². The van der Waals surface area contributed by atoms with E-state index in [1.54, 1.807) is 6.08 Å². The van der Waals surface area contributed by atoms with E-state index in [1.165, 1.54) is 64.2 Å². The molecule has 0 heterocycles. The standard InChI is InChI=1S/C68H113N2O6P/c1-6-8-10-12-14-16-18-20-22-24-25-26-27-28-29-30-31-32-33-34-35-36-37-38-39-40-41-42-43-44-45-46-48-50-52-54-56-58-60-62-68(72)69-66(65-76-77(73,74)75-64-63-70(3,4)5)67(71)61-59-57-55-53-51-49-47-23-21-19-17-15-13-11-9-7-2/h8,10,14,16,20,22,25-26,28-29,31-32,34-35,37-38,40-41,43-44,46,48,51,53,59,61,66-67,71H,6-7,9,11-13,15,17-19,21,23-24,27,30,33,36,39,42,45,47,49-50,52,54-58,60,62-65H2,1-5H3,(H-,69,72,73,74)/b10-8-,16-14-,22-20-,26-25-,29-28-,32-31-,35-34-,38-37-,41-40-,44-43-,48-46-,53-51+,61-59+. The summed E-state index contributed by atoms with van der Waals surface area (Å²) in [7, 11) is 1.21. The Labute approximate surface area is 473 Å². The molecule has 0 spiro atoms. The van der Waals surface area contributed by atoms with Crippen molar-refractivity contribution in [1.29, 1.82) is 0 Å². The zero-order chi connectivity index (χ0) is 56.3. The highest BCUT2D eigenvalue weighted by molar-refractivity contribution is 7.45. The molecular formula is C68H113N2O6P. The van der Waals surface area contributed by atoms with Crippen LogP contribution in [0.1, 0.15) is 213 Å². The molecule has 0 bridgehead atoms. The Hall–Kier alpha value is -3.88. The first-order valence-corrected chi connectivity index (χ1v) is 31.8. The number of likely N-dealkylation sites (N-methyl/N-ethyl adjacent to an activating group) is 1. The summed E-state index contributed by atoms with van der Waals surface area (Å²) in [5.41, 5.74) is 0. The van der Waals surface area contributed by atoms with Gasteiger partial charge in [0.1, 0.15) is 13.2 Å². The number of allylic oxidation sites excluding steroid dienone is 25. The number of nitrogens with one attached hydrogen (secondary N) is 1. The minimum absolute atomic E-state index is 0.0189. The Bertz CT molecular complexity index is 1810. The van der Waals surface area contributed by atoms with Crippen LogP contribution in [0.15, 0.2) is 158 Å². The Morgan fingerprint density at radius 1 is 0.468 bits per heavy atom. The number of hydrogen-bond acceptors (Lipinski definition) is 6. The lowest BCUT2D eigenvalue weighted by Crippen LogP contribution is -2.45. The molecule has 0 aromatic rings. The molecule has 0 saturated carbocycles. The minimum atomic E-state index is -4.62. The van der Waals surface area contributed by atoms with Gasteiger partial charge in [-0.05, 0) is 116 Å². The summed E-state index contributed by atoms with van der Waals surface area (Å²) >= 11 is 0. The maximum absolute atomic E-state index is 13.0. The van der Waals surface area contributed by atoms with Crippen molar-refractivity contribution < 1.29 is 32.9 Å². The lowest BCUT2D eigenvalue weighted by molar-refractivity contribution is -0.870. The number of carbonyl (C=O) groups is 1. The van der Waals surface area contributed by atoms with Crippen molar-refractivity contribution in [2.45, 2.75) is 225 Å². The second kappa shape index (κ2) is 56.8. The van der Waals surface area contributed by atoms with E-state index in [0.29, 0.717) is 17.4 Å². The van der Waals surface area contributed by atoms with Crippen molar-refractivity contribution in [2.24, 2.45) is 0 Å². The summed E-state index contributed by atoms with van der Waals surface area (Å²) in [5.74, 6) is -0.233. The number of unbranched alkanes of at least 4 members (excludes halogenated alkanes) is 16. The molecule has 0 aliphatic rings. The molecular weight excluding hydrogens is 972 g/mol. The number of rotatable bonds is 53. The van der Waals surface area contributed by atoms with E-state index in [4.69, 9.17) is 9.05 Å². The van der Waals surface area contributed by atoms with Crippen molar-refractivity contribution in [3.63, 3.8) is 0 Å². The van der Waals surface area contributed by atoms with Crippen LogP contribution in [0.25, 0.3) is 0 Å². The highest BCUT2D eigenvalue weighted by Gasteiger charge is 2.23. The van der Waals surface area contributed by atoms with Gasteiger partial charge in [0.25, 0.3) is 7.82 Å². The molecule has 0 fully saturated rings. The van der Waals surface area contributed by atoms with Gasteiger partial charge in [-0.3, -0.25) is 9.36 Å². The maximum atomic E-state index is 13.0. The van der Waals surface area contributed by atoms with E-state index in [-0.39, 0.29) is 12.5 Å². The number of amides is 1. The Morgan fingerprint density at radius 2 is 0.805 bits per heavy atom. The highest BCUT2D eigenvalue weighted by atomic mass is 31.2. The third-order valence-electron chi connectivity index (χ3n) is 12.5. The average Bonchev–Trinajstić information content (AvgIpc) is 3.39. The molecule has 8 nitrogen and oxygen atoms in total. The molecule has 0 radical (unpaired) electrons. The minimum Gasteiger partial charge on any atom is -0.756 e. The molecule has 0 saturated heterocycles. The van der Waals surface area contributed by atoms with Crippen LogP contribution in [0.5, 0.6) is 0 Å². The van der Waals surface area contributed by atoms with Gasteiger partial charge in [-0.25, -0.2) is 0 Å². The molecule has 436 valence electrons. The molecule has 1 amide bonds. The third-order valence-corrected chi connectivity index (χ3v) is 13.4.